The summed E-state index contributed by atoms with van der Waals surface area (Å²) < 4.78 is 8.20. The fraction of sp³-hybridized carbons (Fsp3) is 0.130. The largest absolute Gasteiger partial charge is 0.497 e. The van der Waals surface area contributed by atoms with Gasteiger partial charge in [-0.3, -0.25) is 4.79 Å². The van der Waals surface area contributed by atoms with Gasteiger partial charge >= 0.3 is 5.97 Å². The highest BCUT2D eigenvalue weighted by atomic mass is 79.9. The molecule has 5 nitrogen and oxygen atoms in total. The molecule has 0 radical (unpaired) electrons. The van der Waals surface area contributed by atoms with Crippen LogP contribution >= 0.6 is 31.9 Å². The third-order valence-electron chi connectivity index (χ3n) is 4.59. The molecule has 7 heteroatoms. The van der Waals surface area contributed by atoms with Crippen molar-refractivity contribution in [1.29, 1.82) is 0 Å². The van der Waals surface area contributed by atoms with E-state index < -0.39 is 5.97 Å². The molecular weight excluding hydrogens is 514 g/mol. The van der Waals surface area contributed by atoms with E-state index in [4.69, 9.17) is 9.84 Å². The van der Waals surface area contributed by atoms with Crippen LogP contribution in [0, 0.1) is 0 Å². The molecule has 2 aromatic carbocycles. The Hall–Kier alpha value is -2.64. The zero-order chi connectivity index (χ0) is 21.7. The van der Waals surface area contributed by atoms with Crippen LogP contribution in [0.3, 0.4) is 0 Å². The van der Waals surface area contributed by atoms with Gasteiger partial charge in [-0.1, -0.05) is 30.3 Å². The minimum Gasteiger partial charge on any atom is -0.497 e. The first-order valence-electron chi connectivity index (χ1n) is 9.12. The van der Waals surface area contributed by atoms with E-state index in [1.807, 2.05) is 36.4 Å². The minimum atomic E-state index is -0.960. The van der Waals surface area contributed by atoms with Gasteiger partial charge in [0.05, 0.1) is 22.8 Å². The normalized spacial score (nSPS) is 11.0. The lowest BCUT2D eigenvalue weighted by Gasteiger charge is -2.13. The second-order valence-corrected chi connectivity index (χ2v) is 8.25. The molecule has 1 N–H and O–H groups in total. The Bertz CT molecular complexity index is 1150. The average molecular weight is 533 g/mol. The number of aromatic nitrogens is 1. The summed E-state index contributed by atoms with van der Waals surface area (Å²) in [5.74, 6) is -0.201. The number of carbonyl (C=O) groups is 1. The van der Waals surface area contributed by atoms with Crippen LogP contribution in [-0.2, 0) is 13.0 Å². The Morgan fingerprint density at radius 2 is 1.80 bits per heavy atom. The van der Waals surface area contributed by atoms with Crippen molar-refractivity contribution in [3.8, 4) is 5.75 Å². The number of nitrogens with zero attached hydrogens (tertiary/aromatic N) is 1. The topological polar surface area (TPSA) is 68.5 Å². The third-order valence-corrected chi connectivity index (χ3v) is 5.79. The summed E-state index contributed by atoms with van der Waals surface area (Å²) in [5.41, 5.74) is 2.75. The number of hydrogen-bond donors (Lipinski definition) is 1. The number of methoxy groups -OCH3 is 1. The van der Waals surface area contributed by atoms with Crippen molar-refractivity contribution in [3.63, 3.8) is 0 Å². The zero-order valence-electron chi connectivity index (χ0n) is 16.1. The first-order valence-corrected chi connectivity index (χ1v) is 10.7. The van der Waals surface area contributed by atoms with Crippen molar-refractivity contribution >= 4 is 50.0 Å². The Kier molecular flexibility index (Phi) is 7.29. The SMILES string of the molecule is COc1cccc(/C=C/c2c(Br)cc(Br)c(=O)n2CCc2ccc(C(=O)O)cc2)c1. The monoisotopic (exact) mass is 531 g/mol. The molecule has 0 fully saturated rings. The lowest BCUT2D eigenvalue weighted by Crippen LogP contribution is -2.24. The maximum absolute atomic E-state index is 12.8. The van der Waals surface area contributed by atoms with Gasteiger partial charge in [0.1, 0.15) is 5.75 Å². The Morgan fingerprint density at radius 3 is 2.47 bits per heavy atom. The average Bonchev–Trinajstić information content (AvgIpc) is 2.75. The number of aromatic carboxylic acids is 1. The highest BCUT2D eigenvalue weighted by Gasteiger charge is 2.11. The molecule has 0 aliphatic heterocycles. The van der Waals surface area contributed by atoms with Crippen LogP contribution in [0.1, 0.15) is 27.2 Å². The van der Waals surface area contributed by atoms with Gasteiger partial charge in [0.25, 0.3) is 5.56 Å². The fourth-order valence-electron chi connectivity index (χ4n) is 2.98. The molecule has 0 unspecified atom stereocenters. The number of hydrogen-bond acceptors (Lipinski definition) is 3. The summed E-state index contributed by atoms with van der Waals surface area (Å²) in [6, 6.07) is 16.1. The van der Waals surface area contributed by atoms with Crippen molar-refractivity contribution in [2.75, 3.05) is 7.11 Å². The number of ether oxygens (including phenoxy) is 1. The van der Waals surface area contributed by atoms with Crippen molar-refractivity contribution in [1.82, 2.24) is 4.57 Å². The molecule has 1 aromatic heterocycles. The van der Waals surface area contributed by atoms with Crippen LogP contribution in [0.15, 0.2) is 68.3 Å². The number of rotatable bonds is 7. The minimum absolute atomic E-state index is 0.134. The van der Waals surface area contributed by atoms with Gasteiger partial charge in [-0.2, -0.15) is 0 Å². The molecule has 154 valence electrons. The van der Waals surface area contributed by atoms with Crippen LogP contribution < -0.4 is 10.3 Å². The lowest BCUT2D eigenvalue weighted by molar-refractivity contribution is 0.0697. The van der Waals surface area contributed by atoms with Gasteiger partial charge in [0.2, 0.25) is 0 Å². The van der Waals surface area contributed by atoms with Crippen LogP contribution in [0.25, 0.3) is 12.2 Å². The van der Waals surface area contributed by atoms with Crippen molar-refractivity contribution in [2.24, 2.45) is 0 Å². The molecular formula is C23H19Br2NO4. The smallest absolute Gasteiger partial charge is 0.335 e. The van der Waals surface area contributed by atoms with Gasteiger partial charge in [-0.15, -0.1) is 0 Å². The van der Waals surface area contributed by atoms with Gasteiger partial charge < -0.3 is 14.4 Å². The number of benzene rings is 2. The van der Waals surface area contributed by atoms with Crippen LogP contribution in [0.2, 0.25) is 0 Å². The van der Waals surface area contributed by atoms with E-state index in [9.17, 15) is 9.59 Å². The van der Waals surface area contributed by atoms with Crippen LogP contribution in [-0.4, -0.2) is 22.8 Å². The number of carboxylic acid groups (broad SMARTS) is 1. The molecule has 0 saturated heterocycles. The van der Waals surface area contributed by atoms with Crippen molar-refractivity contribution < 1.29 is 14.6 Å². The predicted octanol–water partition coefficient (Wildman–Crippen LogP) is 5.49. The highest BCUT2D eigenvalue weighted by molar-refractivity contribution is 9.11. The molecule has 0 aliphatic rings. The molecule has 0 saturated carbocycles. The van der Waals surface area contributed by atoms with Crippen molar-refractivity contribution in [2.45, 2.75) is 13.0 Å². The van der Waals surface area contributed by atoms with E-state index in [0.29, 0.717) is 17.4 Å². The molecule has 0 atom stereocenters. The van der Waals surface area contributed by atoms with Gasteiger partial charge in [0, 0.05) is 11.0 Å². The summed E-state index contributed by atoms with van der Waals surface area (Å²) in [4.78, 5) is 23.8. The van der Waals surface area contributed by atoms with Crippen LogP contribution in [0.4, 0.5) is 0 Å². The van der Waals surface area contributed by atoms with Gasteiger partial charge in [0.15, 0.2) is 0 Å². The van der Waals surface area contributed by atoms with E-state index in [-0.39, 0.29) is 11.1 Å². The standard InChI is InChI=1S/C23H19Br2NO4/c1-30-18-4-2-3-16(13-18)7-10-21-19(24)14-20(25)22(27)26(21)12-11-15-5-8-17(9-6-15)23(28)29/h2-10,13-14H,11-12H2,1H3,(H,28,29)/b10-7+. The number of carboxylic acids is 1. The lowest BCUT2D eigenvalue weighted by atomic mass is 10.1. The fourth-order valence-corrected chi connectivity index (χ4v) is 4.31. The Labute approximate surface area is 190 Å². The number of halogens is 2. The molecule has 0 bridgehead atoms. The molecule has 3 aromatic rings. The molecule has 30 heavy (non-hydrogen) atoms. The van der Waals surface area contributed by atoms with E-state index >= 15 is 0 Å². The predicted molar refractivity (Wildman–Crippen MR) is 125 cm³/mol. The van der Waals surface area contributed by atoms with Crippen LogP contribution in [0.5, 0.6) is 5.75 Å². The molecule has 1 heterocycles. The summed E-state index contributed by atoms with van der Waals surface area (Å²) in [6.45, 7) is 0.446. The maximum atomic E-state index is 12.8. The third kappa shape index (κ3) is 5.29. The maximum Gasteiger partial charge on any atom is 0.335 e. The van der Waals surface area contributed by atoms with E-state index in [2.05, 4.69) is 31.9 Å². The Morgan fingerprint density at radius 1 is 1.07 bits per heavy atom. The second kappa shape index (κ2) is 9.91. The second-order valence-electron chi connectivity index (χ2n) is 6.54. The van der Waals surface area contributed by atoms with E-state index in [1.165, 1.54) is 0 Å². The van der Waals surface area contributed by atoms with Gasteiger partial charge in [-0.05, 0) is 85.8 Å². The summed E-state index contributed by atoms with van der Waals surface area (Å²) in [5, 5.41) is 9.03. The quantitative estimate of drug-likeness (QED) is 0.436. The highest BCUT2D eigenvalue weighted by Crippen LogP contribution is 2.23. The van der Waals surface area contributed by atoms with Crippen molar-refractivity contribution in [3.05, 3.63) is 96.3 Å². The van der Waals surface area contributed by atoms with Gasteiger partial charge in [-0.25, -0.2) is 4.79 Å². The molecule has 0 spiro atoms. The Balaban J connectivity index is 1.90. The number of aryl methyl sites for hydroxylation is 1. The van der Waals surface area contributed by atoms with E-state index in [1.54, 1.807) is 42.0 Å². The first kappa shape index (κ1) is 22.1. The van der Waals surface area contributed by atoms with E-state index in [0.717, 1.165) is 27.0 Å². The summed E-state index contributed by atoms with van der Waals surface area (Å²) in [6.07, 6.45) is 4.40. The molecule has 0 amide bonds. The number of pyridine rings is 1. The first-order chi connectivity index (χ1) is 14.4. The molecule has 3 rings (SSSR count). The summed E-state index contributed by atoms with van der Waals surface area (Å²) >= 11 is 6.88. The zero-order valence-corrected chi connectivity index (χ0v) is 19.3. The summed E-state index contributed by atoms with van der Waals surface area (Å²) in [7, 11) is 1.62. The molecule has 0 aliphatic carbocycles.